The minimum absolute atomic E-state index is 0.148. The molecule has 0 aliphatic heterocycles. The molecular weight excluding hydrogens is 252 g/mol. The number of aromatic nitrogens is 3. The molecule has 2 N–H and O–H groups in total. The topological polar surface area (TPSA) is 62.5 Å². The summed E-state index contributed by atoms with van der Waals surface area (Å²) in [5.74, 6) is 1.56. The van der Waals surface area contributed by atoms with Crippen molar-refractivity contribution in [2.24, 2.45) is 5.92 Å². The van der Waals surface area contributed by atoms with Gasteiger partial charge in [-0.25, -0.2) is 9.50 Å². The van der Waals surface area contributed by atoms with Gasteiger partial charge in [-0.3, -0.25) is 0 Å². The highest BCUT2D eigenvalue weighted by molar-refractivity contribution is 5.68. The summed E-state index contributed by atoms with van der Waals surface area (Å²) in [4.78, 5) is 4.44. The SMILES string of the molecule is Cc1cc2c(NC3(CO)CCC(C)CC3)nccn2n1. The fourth-order valence-corrected chi connectivity index (χ4v) is 3.03. The number of fused-ring (bicyclic) bond motifs is 1. The van der Waals surface area contributed by atoms with Crippen molar-refractivity contribution < 1.29 is 5.11 Å². The van der Waals surface area contributed by atoms with Gasteiger partial charge in [-0.2, -0.15) is 5.10 Å². The van der Waals surface area contributed by atoms with Crippen LogP contribution in [-0.2, 0) is 0 Å². The third-order valence-electron chi connectivity index (χ3n) is 4.43. The molecule has 108 valence electrons. The van der Waals surface area contributed by atoms with Crippen LogP contribution in [0.5, 0.6) is 0 Å². The first-order valence-electron chi connectivity index (χ1n) is 7.32. The molecular formula is C15H22N4O. The quantitative estimate of drug-likeness (QED) is 0.902. The van der Waals surface area contributed by atoms with E-state index in [0.717, 1.165) is 48.6 Å². The van der Waals surface area contributed by atoms with Crippen molar-refractivity contribution in [3.8, 4) is 0 Å². The van der Waals surface area contributed by atoms with E-state index in [1.54, 1.807) is 6.20 Å². The molecule has 0 saturated heterocycles. The first-order valence-corrected chi connectivity index (χ1v) is 7.32. The summed E-state index contributed by atoms with van der Waals surface area (Å²) in [7, 11) is 0. The van der Waals surface area contributed by atoms with Crippen molar-refractivity contribution in [3.05, 3.63) is 24.2 Å². The third kappa shape index (κ3) is 2.38. The summed E-state index contributed by atoms with van der Waals surface area (Å²) in [6.45, 7) is 4.40. The van der Waals surface area contributed by atoms with E-state index in [-0.39, 0.29) is 12.1 Å². The van der Waals surface area contributed by atoms with E-state index < -0.39 is 0 Å². The van der Waals surface area contributed by atoms with E-state index in [1.165, 1.54) is 0 Å². The maximum atomic E-state index is 9.85. The van der Waals surface area contributed by atoms with Gasteiger partial charge in [-0.15, -0.1) is 0 Å². The maximum Gasteiger partial charge on any atom is 0.152 e. The van der Waals surface area contributed by atoms with Crippen LogP contribution < -0.4 is 5.32 Å². The molecule has 0 aromatic carbocycles. The standard InChI is InChI=1S/C15H22N4O/c1-11-3-5-15(10-20,6-4-11)17-14-13-9-12(2)18-19(13)8-7-16-14/h7-9,11,20H,3-6,10H2,1-2H3,(H,16,17). The third-order valence-corrected chi connectivity index (χ3v) is 4.43. The van der Waals surface area contributed by atoms with Gasteiger partial charge in [-0.05, 0) is 44.6 Å². The Morgan fingerprint density at radius 3 is 2.90 bits per heavy atom. The van der Waals surface area contributed by atoms with Crippen molar-refractivity contribution in [1.82, 2.24) is 14.6 Å². The van der Waals surface area contributed by atoms with Crippen molar-refractivity contribution in [2.45, 2.75) is 45.1 Å². The summed E-state index contributed by atoms with van der Waals surface area (Å²) in [6.07, 6.45) is 7.87. The molecule has 5 heteroatoms. The second-order valence-corrected chi connectivity index (χ2v) is 6.14. The molecule has 5 nitrogen and oxygen atoms in total. The lowest BCUT2D eigenvalue weighted by atomic mass is 9.77. The van der Waals surface area contributed by atoms with Gasteiger partial charge in [0, 0.05) is 12.4 Å². The molecule has 1 fully saturated rings. The van der Waals surface area contributed by atoms with Crippen LogP contribution in [0.25, 0.3) is 5.52 Å². The second kappa shape index (κ2) is 5.05. The molecule has 0 amide bonds. The molecule has 0 bridgehead atoms. The zero-order chi connectivity index (χ0) is 14.2. The summed E-state index contributed by atoms with van der Waals surface area (Å²) < 4.78 is 1.83. The Morgan fingerprint density at radius 1 is 1.45 bits per heavy atom. The van der Waals surface area contributed by atoms with Crippen LogP contribution in [0.2, 0.25) is 0 Å². The molecule has 0 spiro atoms. The lowest BCUT2D eigenvalue weighted by Gasteiger charge is -2.39. The van der Waals surface area contributed by atoms with Gasteiger partial charge in [0.05, 0.1) is 17.8 Å². The van der Waals surface area contributed by atoms with Crippen LogP contribution in [0.15, 0.2) is 18.5 Å². The zero-order valence-corrected chi connectivity index (χ0v) is 12.1. The Labute approximate surface area is 119 Å². The van der Waals surface area contributed by atoms with Gasteiger partial charge < -0.3 is 10.4 Å². The fourth-order valence-electron chi connectivity index (χ4n) is 3.03. The number of anilines is 1. The van der Waals surface area contributed by atoms with E-state index in [4.69, 9.17) is 0 Å². The van der Waals surface area contributed by atoms with Crippen LogP contribution in [0, 0.1) is 12.8 Å². The number of aliphatic hydroxyl groups is 1. The normalized spacial score (nSPS) is 26.9. The molecule has 0 unspecified atom stereocenters. The largest absolute Gasteiger partial charge is 0.394 e. The smallest absolute Gasteiger partial charge is 0.152 e. The number of nitrogens with one attached hydrogen (secondary N) is 1. The minimum Gasteiger partial charge on any atom is -0.394 e. The molecule has 0 atom stereocenters. The first kappa shape index (κ1) is 13.4. The Balaban J connectivity index is 1.91. The summed E-state index contributed by atoms with van der Waals surface area (Å²) in [6, 6.07) is 2.02. The molecule has 1 saturated carbocycles. The molecule has 1 aliphatic carbocycles. The van der Waals surface area contributed by atoms with Crippen LogP contribution >= 0.6 is 0 Å². The van der Waals surface area contributed by atoms with Gasteiger partial charge in [0.25, 0.3) is 0 Å². The van der Waals surface area contributed by atoms with Gasteiger partial charge in [0.15, 0.2) is 5.82 Å². The van der Waals surface area contributed by atoms with E-state index in [0.29, 0.717) is 0 Å². The van der Waals surface area contributed by atoms with Crippen LogP contribution in [0.3, 0.4) is 0 Å². The second-order valence-electron chi connectivity index (χ2n) is 6.14. The van der Waals surface area contributed by atoms with E-state index in [1.807, 2.05) is 23.7 Å². The molecule has 2 heterocycles. The highest BCUT2D eigenvalue weighted by atomic mass is 16.3. The highest BCUT2D eigenvalue weighted by Gasteiger charge is 2.34. The molecule has 0 radical (unpaired) electrons. The monoisotopic (exact) mass is 274 g/mol. The molecule has 3 rings (SSSR count). The number of rotatable bonds is 3. The molecule has 2 aromatic heterocycles. The lowest BCUT2D eigenvalue weighted by molar-refractivity contribution is 0.155. The van der Waals surface area contributed by atoms with Gasteiger partial charge >= 0.3 is 0 Å². The predicted octanol–water partition coefficient (Wildman–Crippen LogP) is 2.39. The molecule has 1 aliphatic rings. The molecule has 2 aromatic rings. The van der Waals surface area contributed by atoms with E-state index in [9.17, 15) is 5.11 Å². The minimum atomic E-state index is -0.237. The molecule has 20 heavy (non-hydrogen) atoms. The summed E-state index contributed by atoms with van der Waals surface area (Å²) >= 11 is 0. The first-order chi connectivity index (χ1) is 9.62. The van der Waals surface area contributed by atoms with Crippen LogP contribution in [0.4, 0.5) is 5.82 Å². The Bertz CT molecular complexity index is 599. The number of nitrogens with zero attached hydrogens (tertiary/aromatic N) is 3. The Hall–Kier alpha value is -1.62. The summed E-state index contributed by atoms with van der Waals surface area (Å²) in [5, 5.41) is 17.8. The Kier molecular flexibility index (Phi) is 3.38. The fraction of sp³-hybridized carbons (Fsp3) is 0.600. The number of hydrogen-bond acceptors (Lipinski definition) is 4. The van der Waals surface area contributed by atoms with Crippen molar-refractivity contribution in [3.63, 3.8) is 0 Å². The number of aliphatic hydroxyl groups excluding tert-OH is 1. The lowest BCUT2D eigenvalue weighted by Crippen LogP contribution is -2.45. The van der Waals surface area contributed by atoms with Crippen LogP contribution in [0.1, 0.15) is 38.3 Å². The van der Waals surface area contributed by atoms with Gasteiger partial charge in [-0.1, -0.05) is 6.92 Å². The van der Waals surface area contributed by atoms with E-state index in [2.05, 4.69) is 22.3 Å². The predicted molar refractivity (Wildman–Crippen MR) is 78.8 cm³/mol. The number of aryl methyl sites for hydroxylation is 1. The van der Waals surface area contributed by atoms with Crippen molar-refractivity contribution >= 4 is 11.3 Å². The van der Waals surface area contributed by atoms with Gasteiger partial charge in [0.2, 0.25) is 0 Å². The zero-order valence-electron chi connectivity index (χ0n) is 12.1. The van der Waals surface area contributed by atoms with Crippen molar-refractivity contribution in [2.75, 3.05) is 11.9 Å². The Morgan fingerprint density at radius 2 is 2.20 bits per heavy atom. The maximum absolute atomic E-state index is 9.85. The van der Waals surface area contributed by atoms with E-state index >= 15 is 0 Å². The summed E-state index contributed by atoms with van der Waals surface area (Å²) in [5.41, 5.74) is 1.70. The highest BCUT2D eigenvalue weighted by Crippen LogP contribution is 2.34. The average Bonchev–Trinajstić information content (AvgIpc) is 2.83. The van der Waals surface area contributed by atoms with Gasteiger partial charge in [0.1, 0.15) is 5.52 Å². The van der Waals surface area contributed by atoms with Crippen molar-refractivity contribution in [1.29, 1.82) is 0 Å². The average molecular weight is 274 g/mol. The number of hydrogen-bond donors (Lipinski definition) is 2. The van der Waals surface area contributed by atoms with Crippen LogP contribution in [-0.4, -0.2) is 31.9 Å².